The molecule has 1 aromatic rings. The van der Waals surface area contributed by atoms with E-state index in [0.717, 1.165) is 0 Å². The number of amides is 1. The Morgan fingerprint density at radius 1 is 1.40 bits per heavy atom. The zero-order valence-corrected chi connectivity index (χ0v) is 11.5. The molecule has 1 rings (SSSR count). The maximum Gasteiger partial charge on any atom is 0.329 e. The first-order chi connectivity index (χ1) is 9.45. The van der Waals surface area contributed by atoms with Crippen LogP contribution in [0, 0.1) is 0 Å². The zero-order chi connectivity index (χ0) is 15.1. The van der Waals surface area contributed by atoms with Gasteiger partial charge < -0.3 is 24.8 Å². The van der Waals surface area contributed by atoms with Gasteiger partial charge in [-0.2, -0.15) is 0 Å². The third-order valence-electron chi connectivity index (χ3n) is 2.29. The van der Waals surface area contributed by atoms with Crippen LogP contribution in [0.4, 0.5) is 11.4 Å². The number of methoxy groups -OCH3 is 1. The van der Waals surface area contributed by atoms with E-state index in [2.05, 4.69) is 10.3 Å². The molecule has 2 N–H and O–H groups in total. The lowest BCUT2D eigenvalue weighted by Crippen LogP contribution is -2.23. The van der Waals surface area contributed by atoms with Crippen LogP contribution >= 0.6 is 0 Å². The van der Waals surface area contributed by atoms with Crippen molar-refractivity contribution in [2.24, 2.45) is 0 Å². The van der Waals surface area contributed by atoms with E-state index in [1.807, 2.05) is 14.1 Å². The number of hydrogen-bond acceptors (Lipinski definition) is 6. The highest BCUT2D eigenvalue weighted by Crippen LogP contribution is 2.31. The molecule has 0 aromatic carbocycles. The van der Waals surface area contributed by atoms with Crippen molar-refractivity contribution in [3.05, 3.63) is 12.3 Å². The summed E-state index contributed by atoms with van der Waals surface area (Å²) in [5.74, 6) is -1.35. The number of hydrogen-bond donors (Lipinski definition) is 2. The van der Waals surface area contributed by atoms with E-state index in [1.54, 1.807) is 17.2 Å². The summed E-state index contributed by atoms with van der Waals surface area (Å²) in [6, 6.07) is 1.72. The number of aromatic nitrogens is 1. The van der Waals surface area contributed by atoms with Gasteiger partial charge in [0.1, 0.15) is 18.9 Å². The second-order valence-electron chi connectivity index (χ2n) is 4.04. The van der Waals surface area contributed by atoms with E-state index in [4.69, 9.17) is 14.6 Å². The van der Waals surface area contributed by atoms with Crippen LogP contribution in [0.1, 0.15) is 0 Å². The minimum atomic E-state index is -1.13. The van der Waals surface area contributed by atoms with Crippen LogP contribution in [0.15, 0.2) is 12.3 Å². The van der Waals surface area contributed by atoms with Gasteiger partial charge in [0.05, 0.1) is 12.8 Å². The number of carboxylic acid groups (broad SMARTS) is 1. The first-order valence-electron chi connectivity index (χ1n) is 5.75. The number of aliphatic carboxylic acids is 1. The number of ether oxygens (including phenoxy) is 2. The van der Waals surface area contributed by atoms with Gasteiger partial charge in [-0.15, -0.1) is 0 Å². The fourth-order valence-electron chi connectivity index (χ4n) is 1.48. The number of anilines is 2. The second-order valence-corrected chi connectivity index (χ2v) is 4.04. The normalized spacial score (nSPS) is 9.95. The van der Waals surface area contributed by atoms with Gasteiger partial charge in [0, 0.05) is 20.3 Å². The molecule has 8 heteroatoms. The molecule has 0 aliphatic carbocycles. The zero-order valence-electron chi connectivity index (χ0n) is 11.5. The molecule has 110 valence electrons. The molecular weight excluding hydrogens is 266 g/mol. The second kappa shape index (κ2) is 7.29. The van der Waals surface area contributed by atoms with Crippen LogP contribution in [0.2, 0.25) is 0 Å². The molecule has 1 heterocycles. The van der Waals surface area contributed by atoms with Crippen LogP contribution in [0.3, 0.4) is 0 Å². The summed E-state index contributed by atoms with van der Waals surface area (Å²) in [7, 11) is 5.06. The van der Waals surface area contributed by atoms with Crippen molar-refractivity contribution in [3.63, 3.8) is 0 Å². The molecule has 0 aliphatic heterocycles. The number of rotatable bonds is 7. The predicted octanol–water partition coefficient (Wildman–Crippen LogP) is 0.196. The molecule has 1 amide bonds. The molecule has 0 atom stereocenters. The van der Waals surface area contributed by atoms with Gasteiger partial charge in [0.15, 0.2) is 0 Å². The highest BCUT2D eigenvalue weighted by atomic mass is 16.5. The van der Waals surface area contributed by atoms with Gasteiger partial charge >= 0.3 is 5.97 Å². The Kier molecular flexibility index (Phi) is 5.73. The fourth-order valence-corrected chi connectivity index (χ4v) is 1.48. The summed E-state index contributed by atoms with van der Waals surface area (Å²) in [6.07, 6.45) is 1.56. The van der Waals surface area contributed by atoms with Crippen molar-refractivity contribution in [2.75, 3.05) is 44.6 Å². The Morgan fingerprint density at radius 2 is 2.10 bits per heavy atom. The van der Waals surface area contributed by atoms with E-state index in [-0.39, 0.29) is 12.5 Å². The Balaban J connectivity index is 2.79. The topological polar surface area (TPSA) is 101 Å². The summed E-state index contributed by atoms with van der Waals surface area (Å²) >= 11 is 0. The largest absolute Gasteiger partial charge is 0.480 e. The van der Waals surface area contributed by atoms with Crippen molar-refractivity contribution >= 4 is 23.3 Å². The summed E-state index contributed by atoms with van der Waals surface area (Å²) in [5, 5.41) is 11.0. The van der Waals surface area contributed by atoms with Gasteiger partial charge in [-0.25, -0.2) is 9.78 Å². The van der Waals surface area contributed by atoms with Crippen molar-refractivity contribution in [3.8, 4) is 5.88 Å². The van der Waals surface area contributed by atoms with Crippen molar-refractivity contribution in [1.82, 2.24) is 4.98 Å². The average Bonchev–Trinajstić information content (AvgIpc) is 2.38. The van der Waals surface area contributed by atoms with E-state index < -0.39 is 18.5 Å². The molecule has 0 unspecified atom stereocenters. The Labute approximate surface area is 116 Å². The predicted molar refractivity (Wildman–Crippen MR) is 72.2 cm³/mol. The van der Waals surface area contributed by atoms with E-state index in [9.17, 15) is 9.59 Å². The molecule has 20 heavy (non-hydrogen) atoms. The molecule has 0 saturated heterocycles. The van der Waals surface area contributed by atoms with Crippen LogP contribution < -0.4 is 15.0 Å². The maximum atomic E-state index is 11.7. The molecule has 0 fully saturated rings. The third-order valence-corrected chi connectivity index (χ3v) is 2.29. The Morgan fingerprint density at radius 3 is 2.65 bits per heavy atom. The van der Waals surface area contributed by atoms with Crippen LogP contribution in [-0.4, -0.2) is 56.4 Å². The van der Waals surface area contributed by atoms with Gasteiger partial charge in [0.25, 0.3) is 5.91 Å². The van der Waals surface area contributed by atoms with Gasteiger partial charge in [-0.3, -0.25) is 4.79 Å². The fraction of sp³-hybridized carbons (Fsp3) is 0.417. The molecule has 1 aromatic heterocycles. The highest BCUT2D eigenvalue weighted by molar-refractivity contribution is 5.96. The van der Waals surface area contributed by atoms with E-state index in [0.29, 0.717) is 11.4 Å². The number of carbonyl (C=O) groups excluding carboxylic acids is 1. The lowest BCUT2D eigenvalue weighted by atomic mass is 10.3. The van der Waals surface area contributed by atoms with Crippen molar-refractivity contribution < 1.29 is 24.2 Å². The molecule has 0 radical (unpaired) electrons. The Hall–Kier alpha value is -2.35. The molecule has 0 saturated carbocycles. The minimum Gasteiger partial charge on any atom is -0.480 e. The average molecular weight is 283 g/mol. The number of nitrogens with zero attached hydrogens (tertiary/aromatic N) is 2. The molecule has 0 spiro atoms. The minimum absolute atomic E-state index is 0.266. The highest BCUT2D eigenvalue weighted by Gasteiger charge is 2.15. The quantitative estimate of drug-likeness (QED) is 0.737. The van der Waals surface area contributed by atoms with E-state index >= 15 is 0 Å². The number of carboxylic acids is 1. The molecule has 8 nitrogen and oxygen atoms in total. The summed E-state index contributed by atoms with van der Waals surface area (Å²) in [6.45, 7) is -0.894. The smallest absolute Gasteiger partial charge is 0.329 e. The molecule has 0 aliphatic rings. The summed E-state index contributed by atoms with van der Waals surface area (Å²) in [5.41, 5.74) is 1.12. The van der Waals surface area contributed by atoms with Crippen LogP contribution in [0.5, 0.6) is 5.88 Å². The number of carbonyl (C=O) groups is 2. The standard InChI is InChI=1S/C12H17N3O5/c1-15(2)8-4-5-13-12(19-3)11(8)14-9(16)6-20-7-10(17)18/h4-5H,6-7H2,1-3H3,(H,14,16)(H,17,18). The SMILES string of the molecule is COc1nccc(N(C)C)c1NC(=O)COCC(=O)O. The van der Waals surface area contributed by atoms with Gasteiger partial charge in [0.2, 0.25) is 5.88 Å². The summed E-state index contributed by atoms with van der Waals surface area (Å²) < 4.78 is 9.81. The van der Waals surface area contributed by atoms with Gasteiger partial charge in [-0.05, 0) is 6.07 Å². The third kappa shape index (κ3) is 4.39. The molecule has 0 bridgehead atoms. The monoisotopic (exact) mass is 283 g/mol. The first-order valence-corrected chi connectivity index (χ1v) is 5.75. The molecular formula is C12H17N3O5. The summed E-state index contributed by atoms with van der Waals surface area (Å²) in [4.78, 5) is 27.8. The lowest BCUT2D eigenvalue weighted by molar-refractivity contribution is -0.143. The number of pyridine rings is 1. The maximum absolute atomic E-state index is 11.7. The van der Waals surface area contributed by atoms with Crippen molar-refractivity contribution in [1.29, 1.82) is 0 Å². The van der Waals surface area contributed by atoms with Crippen LogP contribution in [-0.2, 0) is 14.3 Å². The lowest BCUT2D eigenvalue weighted by Gasteiger charge is -2.19. The van der Waals surface area contributed by atoms with Gasteiger partial charge in [-0.1, -0.05) is 0 Å². The van der Waals surface area contributed by atoms with E-state index in [1.165, 1.54) is 7.11 Å². The van der Waals surface area contributed by atoms with Crippen LogP contribution in [0.25, 0.3) is 0 Å². The number of nitrogens with one attached hydrogen (secondary N) is 1. The Bertz CT molecular complexity index is 490. The first kappa shape index (κ1) is 15.7. The van der Waals surface area contributed by atoms with Crippen molar-refractivity contribution in [2.45, 2.75) is 0 Å².